The number of amides is 2. The number of nitrogens with zero attached hydrogens (tertiary/aromatic N) is 1. The molecule has 19 heavy (non-hydrogen) atoms. The quantitative estimate of drug-likeness (QED) is 0.580. The maximum atomic E-state index is 12.5. The minimum Gasteiger partial charge on any atom is -0.480 e. The van der Waals surface area contributed by atoms with Gasteiger partial charge in [0.2, 0.25) is 11.8 Å². The summed E-state index contributed by atoms with van der Waals surface area (Å²) in [4.78, 5) is 37.0. The maximum Gasteiger partial charge on any atom is 0.326 e. The van der Waals surface area contributed by atoms with Crippen LogP contribution >= 0.6 is 0 Å². The number of hydrogen-bond donors (Lipinski definition) is 1. The fourth-order valence-electron chi connectivity index (χ4n) is 4.47. The number of carbonyl (C=O) groups excluding carboxylic acids is 2. The van der Waals surface area contributed by atoms with E-state index in [1.807, 2.05) is 0 Å². The molecule has 7 unspecified atom stereocenters. The summed E-state index contributed by atoms with van der Waals surface area (Å²) in [7, 11) is 0. The first kappa shape index (κ1) is 11.2. The predicted octanol–water partition coefficient (Wildman–Crippen LogP) is 0.513. The average Bonchev–Trinajstić information content (AvgIpc) is 3.14. The van der Waals surface area contributed by atoms with Crippen molar-refractivity contribution in [3.63, 3.8) is 0 Å². The summed E-state index contributed by atoms with van der Waals surface area (Å²) in [6.07, 6.45) is 5.28. The Hall–Kier alpha value is -1.65. The van der Waals surface area contributed by atoms with E-state index >= 15 is 0 Å². The van der Waals surface area contributed by atoms with Crippen molar-refractivity contribution in [3.05, 3.63) is 12.2 Å². The summed E-state index contributed by atoms with van der Waals surface area (Å²) in [5.41, 5.74) is 0. The second kappa shape index (κ2) is 3.26. The Kier molecular flexibility index (Phi) is 1.92. The molecular formula is C14H15NO4. The molecule has 1 heterocycles. The Bertz CT molecular complexity index is 504. The Morgan fingerprint density at radius 3 is 2.11 bits per heavy atom. The summed E-state index contributed by atoms with van der Waals surface area (Å²) >= 11 is 0. The van der Waals surface area contributed by atoms with Crippen LogP contribution < -0.4 is 0 Å². The third kappa shape index (κ3) is 1.18. The van der Waals surface area contributed by atoms with Gasteiger partial charge in [0, 0.05) is 0 Å². The van der Waals surface area contributed by atoms with E-state index < -0.39 is 12.0 Å². The van der Waals surface area contributed by atoms with Crippen molar-refractivity contribution in [3.8, 4) is 0 Å². The van der Waals surface area contributed by atoms with Gasteiger partial charge in [-0.05, 0) is 37.0 Å². The van der Waals surface area contributed by atoms with E-state index in [1.54, 1.807) is 0 Å². The average molecular weight is 261 g/mol. The second-order valence-corrected chi connectivity index (χ2v) is 6.22. The van der Waals surface area contributed by atoms with Crippen LogP contribution in [0.2, 0.25) is 0 Å². The second-order valence-electron chi connectivity index (χ2n) is 6.22. The van der Waals surface area contributed by atoms with Crippen LogP contribution in [-0.4, -0.2) is 33.8 Å². The molecule has 1 saturated heterocycles. The van der Waals surface area contributed by atoms with E-state index in [9.17, 15) is 14.4 Å². The molecule has 100 valence electrons. The highest BCUT2D eigenvalue weighted by molar-refractivity contribution is 6.08. The molecule has 5 heteroatoms. The van der Waals surface area contributed by atoms with Crippen molar-refractivity contribution in [1.29, 1.82) is 0 Å². The Balaban J connectivity index is 1.74. The molecule has 2 saturated carbocycles. The van der Waals surface area contributed by atoms with Gasteiger partial charge in [0.05, 0.1) is 11.8 Å². The lowest BCUT2D eigenvalue weighted by atomic mass is 9.63. The summed E-state index contributed by atoms with van der Waals surface area (Å²) in [5, 5.41) is 9.06. The predicted molar refractivity (Wildman–Crippen MR) is 63.6 cm³/mol. The van der Waals surface area contributed by atoms with Crippen LogP contribution in [0.25, 0.3) is 0 Å². The molecule has 1 aliphatic heterocycles. The Morgan fingerprint density at radius 2 is 1.68 bits per heavy atom. The SMILES string of the molecule is CC(C(=O)O)N1C(=O)C2C3C=CC(C4CC34)C2C1=O. The Morgan fingerprint density at radius 1 is 1.21 bits per heavy atom. The fraction of sp³-hybridized carbons (Fsp3) is 0.643. The minimum absolute atomic E-state index is 0.155. The van der Waals surface area contributed by atoms with E-state index in [4.69, 9.17) is 5.11 Å². The number of hydrogen-bond acceptors (Lipinski definition) is 3. The van der Waals surface area contributed by atoms with Gasteiger partial charge in [-0.15, -0.1) is 0 Å². The lowest BCUT2D eigenvalue weighted by Gasteiger charge is -2.37. The first-order valence-corrected chi connectivity index (χ1v) is 6.80. The first-order chi connectivity index (χ1) is 9.02. The molecular weight excluding hydrogens is 246 g/mol. The molecule has 0 aromatic heterocycles. The third-order valence-corrected chi connectivity index (χ3v) is 5.44. The number of allylic oxidation sites excluding steroid dienone is 2. The normalized spacial score (nSPS) is 47.1. The smallest absolute Gasteiger partial charge is 0.326 e. The van der Waals surface area contributed by atoms with Gasteiger partial charge in [0.25, 0.3) is 0 Å². The lowest BCUT2D eigenvalue weighted by molar-refractivity contribution is -0.154. The van der Waals surface area contributed by atoms with Crippen LogP contribution in [0.1, 0.15) is 13.3 Å². The molecule has 5 nitrogen and oxygen atoms in total. The van der Waals surface area contributed by atoms with Crippen molar-refractivity contribution in [2.45, 2.75) is 19.4 Å². The van der Waals surface area contributed by atoms with Crippen LogP contribution in [0.15, 0.2) is 12.2 Å². The zero-order valence-corrected chi connectivity index (χ0v) is 10.5. The summed E-state index contributed by atoms with van der Waals surface area (Å²) in [5.74, 6) is -0.845. The van der Waals surface area contributed by atoms with Crippen molar-refractivity contribution in [1.82, 2.24) is 4.90 Å². The first-order valence-electron chi connectivity index (χ1n) is 6.80. The van der Waals surface area contributed by atoms with Gasteiger partial charge in [-0.3, -0.25) is 14.5 Å². The highest BCUT2D eigenvalue weighted by atomic mass is 16.4. The fourth-order valence-corrected chi connectivity index (χ4v) is 4.47. The number of carbonyl (C=O) groups is 3. The van der Waals surface area contributed by atoms with E-state index in [-0.39, 0.29) is 35.5 Å². The van der Waals surface area contributed by atoms with Gasteiger partial charge in [0.15, 0.2) is 0 Å². The maximum absolute atomic E-state index is 12.5. The molecule has 7 atom stereocenters. The highest BCUT2D eigenvalue weighted by Gasteiger charge is 2.67. The molecule has 0 radical (unpaired) electrons. The van der Waals surface area contributed by atoms with Gasteiger partial charge >= 0.3 is 5.97 Å². The number of carboxylic acid groups (broad SMARTS) is 1. The molecule has 0 aromatic rings. The molecule has 5 rings (SSSR count). The van der Waals surface area contributed by atoms with E-state index in [0.717, 1.165) is 11.3 Å². The third-order valence-electron chi connectivity index (χ3n) is 5.44. The minimum atomic E-state index is -1.12. The zero-order valence-electron chi connectivity index (χ0n) is 10.5. The van der Waals surface area contributed by atoms with Gasteiger partial charge in [0.1, 0.15) is 6.04 Å². The van der Waals surface area contributed by atoms with Gasteiger partial charge in [-0.2, -0.15) is 0 Å². The van der Waals surface area contributed by atoms with E-state index in [0.29, 0.717) is 11.8 Å². The van der Waals surface area contributed by atoms with Gasteiger partial charge in [-0.1, -0.05) is 12.2 Å². The number of aliphatic carboxylic acids is 1. The van der Waals surface area contributed by atoms with Gasteiger partial charge in [-0.25, -0.2) is 4.79 Å². The number of carboxylic acids is 1. The van der Waals surface area contributed by atoms with Crippen molar-refractivity contribution in [2.75, 3.05) is 0 Å². The monoisotopic (exact) mass is 261 g/mol. The molecule has 0 aromatic carbocycles. The number of likely N-dealkylation sites (tertiary alicyclic amines) is 1. The van der Waals surface area contributed by atoms with Crippen LogP contribution in [0, 0.1) is 35.5 Å². The Labute approximate surface area is 110 Å². The molecule has 4 aliphatic carbocycles. The summed E-state index contributed by atoms with van der Waals surface area (Å²) < 4.78 is 0. The molecule has 2 amide bonds. The lowest BCUT2D eigenvalue weighted by Crippen LogP contribution is -2.43. The molecule has 3 fully saturated rings. The number of imide groups is 1. The molecule has 5 aliphatic rings. The van der Waals surface area contributed by atoms with Crippen LogP contribution in [-0.2, 0) is 14.4 Å². The van der Waals surface area contributed by atoms with E-state index in [2.05, 4.69) is 12.2 Å². The van der Waals surface area contributed by atoms with Crippen molar-refractivity contribution < 1.29 is 19.5 Å². The van der Waals surface area contributed by atoms with E-state index in [1.165, 1.54) is 6.92 Å². The molecule has 2 bridgehead atoms. The summed E-state index contributed by atoms with van der Waals surface area (Å²) in [6.45, 7) is 1.41. The summed E-state index contributed by atoms with van der Waals surface area (Å²) in [6, 6.07) is -1.05. The van der Waals surface area contributed by atoms with Crippen LogP contribution in [0.4, 0.5) is 0 Å². The van der Waals surface area contributed by atoms with Crippen LogP contribution in [0.3, 0.4) is 0 Å². The zero-order chi connectivity index (χ0) is 13.5. The topological polar surface area (TPSA) is 74.7 Å². The molecule has 0 spiro atoms. The largest absolute Gasteiger partial charge is 0.480 e. The standard InChI is InChI=1S/C14H15NO4/c1-5(14(18)19)15-12(16)10-6-2-3-7(9-4-8(6)9)11(10)13(15)17/h2-3,5-11H,4H2,1H3,(H,18,19). The number of rotatable bonds is 2. The van der Waals surface area contributed by atoms with Crippen molar-refractivity contribution in [2.24, 2.45) is 35.5 Å². The van der Waals surface area contributed by atoms with Crippen molar-refractivity contribution >= 4 is 17.8 Å². The highest BCUT2D eigenvalue weighted by Crippen LogP contribution is 2.65. The molecule has 1 N–H and O–H groups in total. The van der Waals surface area contributed by atoms with Crippen LogP contribution in [0.5, 0.6) is 0 Å². The van der Waals surface area contributed by atoms with Gasteiger partial charge < -0.3 is 5.11 Å².